The minimum atomic E-state index is -3.53. The summed E-state index contributed by atoms with van der Waals surface area (Å²) in [5.74, 6) is -0.166. The Labute approximate surface area is 160 Å². The number of carbonyl (C=O) groups is 1. The van der Waals surface area contributed by atoms with Crippen molar-refractivity contribution in [1.82, 2.24) is 0 Å². The SMILES string of the molecule is COCC(=O)N1CCCc2cc(NS(=O)(=O)Cc3ccccc3C)ccc21. The van der Waals surface area contributed by atoms with Gasteiger partial charge in [-0.05, 0) is 54.7 Å². The molecule has 0 aromatic heterocycles. The van der Waals surface area contributed by atoms with E-state index in [2.05, 4.69) is 4.72 Å². The summed E-state index contributed by atoms with van der Waals surface area (Å²) in [6.07, 6.45) is 1.64. The number of anilines is 2. The molecule has 0 saturated carbocycles. The van der Waals surface area contributed by atoms with Gasteiger partial charge in [0.15, 0.2) is 0 Å². The zero-order valence-corrected chi connectivity index (χ0v) is 16.4. The van der Waals surface area contributed by atoms with Gasteiger partial charge in [0.05, 0.1) is 5.75 Å². The van der Waals surface area contributed by atoms with Gasteiger partial charge in [0.25, 0.3) is 5.91 Å². The van der Waals surface area contributed by atoms with Crippen LogP contribution in [0.4, 0.5) is 11.4 Å². The first-order valence-electron chi connectivity index (χ1n) is 8.87. The van der Waals surface area contributed by atoms with Gasteiger partial charge >= 0.3 is 0 Å². The Morgan fingerprint density at radius 1 is 1.22 bits per heavy atom. The van der Waals surface area contributed by atoms with Crippen molar-refractivity contribution in [3.05, 3.63) is 59.2 Å². The topological polar surface area (TPSA) is 75.7 Å². The zero-order chi connectivity index (χ0) is 19.4. The molecule has 0 aliphatic carbocycles. The number of fused-ring (bicyclic) bond motifs is 1. The van der Waals surface area contributed by atoms with Crippen LogP contribution in [0.15, 0.2) is 42.5 Å². The molecule has 27 heavy (non-hydrogen) atoms. The van der Waals surface area contributed by atoms with Crippen molar-refractivity contribution in [1.29, 1.82) is 0 Å². The molecule has 2 aromatic carbocycles. The number of nitrogens with zero attached hydrogens (tertiary/aromatic N) is 1. The first kappa shape index (κ1) is 19.4. The molecule has 0 atom stereocenters. The lowest BCUT2D eigenvalue weighted by atomic mass is 10.0. The number of rotatable bonds is 6. The Morgan fingerprint density at radius 2 is 2.00 bits per heavy atom. The maximum absolute atomic E-state index is 12.6. The third-order valence-corrected chi connectivity index (χ3v) is 5.88. The van der Waals surface area contributed by atoms with Crippen molar-refractivity contribution in [3.8, 4) is 0 Å². The number of amides is 1. The Bertz CT molecular complexity index is 941. The smallest absolute Gasteiger partial charge is 0.252 e. The second kappa shape index (κ2) is 8.10. The monoisotopic (exact) mass is 388 g/mol. The summed E-state index contributed by atoms with van der Waals surface area (Å²) in [4.78, 5) is 13.9. The molecule has 1 amide bonds. The van der Waals surface area contributed by atoms with Gasteiger partial charge in [0.1, 0.15) is 6.61 Å². The van der Waals surface area contributed by atoms with Gasteiger partial charge in [-0.25, -0.2) is 8.42 Å². The fourth-order valence-electron chi connectivity index (χ4n) is 3.31. The maximum atomic E-state index is 12.6. The second-order valence-corrected chi connectivity index (χ2v) is 8.44. The van der Waals surface area contributed by atoms with Crippen LogP contribution < -0.4 is 9.62 Å². The lowest BCUT2D eigenvalue weighted by molar-refractivity contribution is -0.122. The number of sulfonamides is 1. The predicted molar refractivity (Wildman–Crippen MR) is 106 cm³/mol. The standard InChI is InChI=1S/C20H24N2O4S/c1-15-6-3-4-7-17(15)14-27(24,25)21-18-9-10-19-16(12-18)8-5-11-22(19)20(23)13-26-2/h3-4,6-7,9-10,12,21H,5,8,11,13-14H2,1-2H3. The average molecular weight is 388 g/mol. The van der Waals surface area contributed by atoms with Gasteiger partial charge in [-0.1, -0.05) is 24.3 Å². The molecule has 0 spiro atoms. The van der Waals surface area contributed by atoms with Crippen molar-refractivity contribution in [2.45, 2.75) is 25.5 Å². The number of hydrogen-bond acceptors (Lipinski definition) is 4. The van der Waals surface area contributed by atoms with Crippen LogP contribution in [0.3, 0.4) is 0 Å². The molecular weight excluding hydrogens is 364 g/mol. The van der Waals surface area contributed by atoms with Crippen LogP contribution in [0, 0.1) is 6.92 Å². The number of carbonyl (C=O) groups excluding carboxylic acids is 1. The van der Waals surface area contributed by atoms with Gasteiger partial charge in [0, 0.05) is 25.0 Å². The van der Waals surface area contributed by atoms with E-state index in [0.29, 0.717) is 12.2 Å². The van der Waals surface area contributed by atoms with Crippen molar-refractivity contribution in [2.24, 2.45) is 0 Å². The first-order valence-corrected chi connectivity index (χ1v) is 10.5. The van der Waals surface area contributed by atoms with Crippen LogP contribution in [-0.4, -0.2) is 34.6 Å². The summed E-state index contributed by atoms with van der Waals surface area (Å²) in [5, 5.41) is 0. The van der Waals surface area contributed by atoms with Gasteiger partial charge < -0.3 is 9.64 Å². The normalized spacial score (nSPS) is 13.9. The van der Waals surface area contributed by atoms with E-state index < -0.39 is 10.0 Å². The summed E-state index contributed by atoms with van der Waals surface area (Å²) in [5.41, 5.74) is 4.02. The molecule has 0 bridgehead atoms. The van der Waals surface area contributed by atoms with Crippen LogP contribution in [0.25, 0.3) is 0 Å². The zero-order valence-electron chi connectivity index (χ0n) is 15.6. The van der Waals surface area contributed by atoms with E-state index in [-0.39, 0.29) is 18.3 Å². The highest BCUT2D eigenvalue weighted by Crippen LogP contribution is 2.30. The number of benzene rings is 2. The van der Waals surface area contributed by atoms with Crippen LogP contribution in [-0.2, 0) is 31.7 Å². The van der Waals surface area contributed by atoms with Gasteiger partial charge in [0.2, 0.25) is 10.0 Å². The number of ether oxygens (including phenoxy) is 1. The molecule has 2 aromatic rings. The van der Waals surface area contributed by atoms with Crippen LogP contribution in [0.1, 0.15) is 23.1 Å². The van der Waals surface area contributed by atoms with Crippen molar-refractivity contribution in [3.63, 3.8) is 0 Å². The van der Waals surface area contributed by atoms with Gasteiger partial charge in [-0.3, -0.25) is 9.52 Å². The maximum Gasteiger partial charge on any atom is 0.252 e. The molecule has 0 unspecified atom stereocenters. The number of aryl methyl sites for hydroxylation is 2. The third kappa shape index (κ3) is 4.67. The largest absolute Gasteiger partial charge is 0.375 e. The molecule has 1 N–H and O–H groups in total. The highest BCUT2D eigenvalue weighted by Gasteiger charge is 2.23. The Morgan fingerprint density at radius 3 is 2.74 bits per heavy atom. The summed E-state index contributed by atoms with van der Waals surface area (Å²) in [6.45, 7) is 2.58. The minimum absolute atomic E-state index is 0.0320. The molecule has 144 valence electrons. The molecular formula is C20H24N2O4S. The van der Waals surface area contributed by atoms with E-state index in [9.17, 15) is 13.2 Å². The number of hydrogen-bond donors (Lipinski definition) is 1. The van der Waals surface area contributed by atoms with Gasteiger partial charge in [-0.15, -0.1) is 0 Å². The summed E-state index contributed by atoms with van der Waals surface area (Å²) >= 11 is 0. The lowest BCUT2D eigenvalue weighted by Gasteiger charge is -2.29. The van der Waals surface area contributed by atoms with Crippen molar-refractivity contribution < 1.29 is 17.9 Å². The van der Waals surface area contributed by atoms with E-state index in [0.717, 1.165) is 35.2 Å². The first-order chi connectivity index (χ1) is 12.9. The Hall–Kier alpha value is -2.38. The van der Waals surface area contributed by atoms with Crippen molar-refractivity contribution in [2.75, 3.05) is 29.9 Å². The highest BCUT2D eigenvalue weighted by atomic mass is 32.2. The third-order valence-electron chi connectivity index (χ3n) is 4.65. The Kier molecular flexibility index (Phi) is 5.82. The van der Waals surface area contributed by atoms with Crippen molar-refractivity contribution >= 4 is 27.3 Å². The number of methoxy groups -OCH3 is 1. The predicted octanol–water partition coefficient (Wildman–Crippen LogP) is 2.86. The fraction of sp³-hybridized carbons (Fsp3) is 0.350. The average Bonchev–Trinajstić information content (AvgIpc) is 2.62. The van der Waals surface area contributed by atoms with Crippen LogP contribution in [0.5, 0.6) is 0 Å². The van der Waals surface area contributed by atoms with E-state index in [1.165, 1.54) is 7.11 Å². The van der Waals surface area contributed by atoms with Gasteiger partial charge in [-0.2, -0.15) is 0 Å². The van der Waals surface area contributed by atoms with E-state index in [4.69, 9.17) is 4.74 Å². The molecule has 7 heteroatoms. The highest BCUT2D eigenvalue weighted by molar-refractivity contribution is 7.91. The summed E-state index contributed by atoms with van der Waals surface area (Å²) in [6, 6.07) is 12.8. The summed E-state index contributed by atoms with van der Waals surface area (Å²) < 4.78 is 32.7. The molecule has 3 rings (SSSR count). The minimum Gasteiger partial charge on any atom is -0.375 e. The molecule has 0 radical (unpaired) electrons. The Balaban J connectivity index is 1.79. The molecule has 1 heterocycles. The quantitative estimate of drug-likeness (QED) is 0.826. The van der Waals surface area contributed by atoms with E-state index in [1.54, 1.807) is 17.0 Å². The number of nitrogens with one attached hydrogen (secondary N) is 1. The lowest BCUT2D eigenvalue weighted by Crippen LogP contribution is -2.37. The molecule has 6 nitrogen and oxygen atoms in total. The second-order valence-electron chi connectivity index (χ2n) is 6.71. The molecule has 0 fully saturated rings. The van der Waals surface area contributed by atoms with Crippen LogP contribution >= 0.6 is 0 Å². The molecule has 1 aliphatic rings. The summed E-state index contributed by atoms with van der Waals surface area (Å²) in [7, 11) is -2.03. The molecule has 0 saturated heterocycles. The van der Waals surface area contributed by atoms with E-state index in [1.807, 2.05) is 37.3 Å². The van der Waals surface area contributed by atoms with Crippen LogP contribution in [0.2, 0.25) is 0 Å². The fourth-order valence-corrected chi connectivity index (χ4v) is 4.61. The van der Waals surface area contributed by atoms with E-state index >= 15 is 0 Å². The molecule has 1 aliphatic heterocycles.